The quantitative estimate of drug-likeness (QED) is 0.526. The van der Waals surface area contributed by atoms with E-state index in [2.05, 4.69) is 13.8 Å². The Bertz CT molecular complexity index is 1100. The van der Waals surface area contributed by atoms with Crippen LogP contribution in [0.25, 0.3) is 11.0 Å². The maximum Gasteiger partial charge on any atom is 0.242 e. The summed E-state index contributed by atoms with van der Waals surface area (Å²) in [7, 11) is 0. The van der Waals surface area contributed by atoms with Crippen molar-refractivity contribution in [2.75, 3.05) is 24.5 Å². The standard InChI is InChI=1S/C26H32N4O2/c1-4-14-28(15-5-2)25(32)18-30-23-9-7-6-8-22(23)27-26(30)20-16-24(31)29(17-20)21-12-10-19(3)11-13-21/h6-13,20H,4-5,14-18H2,1-3H3/t20-/m0/s1. The molecule has 1 saturated heterocycles. The maximum absolute atomic E-state index is 13.2. The number of hydrogen-bond acceptors (Lipinski definition) is 3. The summed E-state index contributed by atoms with van der Waals surface area (Å²) in [6, 6.07) is 16.0. The Balaban J connectivity index is 1.65. The van der Waals surface area contributed by atoms with Gasteiger partial charge in [-0.05, 0) is 44.0 Å². The van der Waals surface area contributed by atoms with Gasteiger partial charge in [-0.3, -0.25) is 9.59 Å². The highest BCUT2D eigenvalue weighted by molar-refractivity contribution is 5.96. The summed E-state index contributed by atoms with van der Waals surface area (Å²) in [5, 5.41) is 0. The molecule has 0 radical (unpaired) electrons. The molecule has 3 aromatic rings. The monoisotopic (exact) mass is 432 g/mol. The number of amides is 2. The zero-order valence-electron chi connectivity index (χ0n) is 19.3. The number of fused-ring (bicyclic) bond motifs is 1. The fourth-order valence-electron chi connectivity index (χ4n) is 4.56. The predicted octanol–water partition coefficient (Wildman–Crippen LogP) is 4.51. The Labute approximate surface area is 189 Å². The first-order valence-corrected chi connectivity index (χ1v) is 11.6. The van der Waals surface area contributed by atoms with E-state index >= 15 is 0 Å². The molecule has 6 heteroatoms. The molecule has 2 aromatic carbocycles. The lowest BCUT2D eigenvalue weighted by atomic mass is 10.1. The minimum atomic E-state index is -0.0465. The van der Waals surface area contributed by atoms with Gasteiger partial charge in [0.25, 0.3) is 0 Å². The molecule has 4 rings (SSSR count). The molecule has 6 nitrogen and oxygen atoms in total. The third kappa shape index (κ3) is 4.40. The molecule has 2 heterocycles. The van der Waals surface area contributed by atoms with Gasteiger partial charge in [0, 0.05) is 37.7 Å². The van der Waals surface area contributed by atoms with Crippen molar-refractivity contribution in [3.8, 4) is 0 Å². The molecule has 0 saturated carbocycles. The molecule has 0 N–H and O–H groups in total. The number of para-hydroxylation sites is 2. The van der Waals surface area contributed by atoms with Crippen molar-refractivity contribution in [2.45, 2.75) is 52.5 Å². The van der Waals surface area contributed by atoms with Gasteiger partial charge in [0.05, 0.1) is 11.0 Å². The zero-order chi connectivity index (χ0) is 22.7. The van der Waals surface area contributed by atoms with Gasteiger partial charge in [0.2, 0.25) is 11.8 Å². The fourth-order valence-corrected chi connectivity index (χ4v) is 4.56. The molecule has 0 bridgehead atoms. The van der Waals surface area contributed by atoms with Gasteiger partial charge >= 0.3 is 0 Å². The van der Waals surface area contributed by atoms with E-state index in [1.54, 1.807) is 0 Å². The number of nitrogens with zero attached hydrogens (tertiary/aromatic N) is 4. The van der Waals surface area contributed by atoms with Crippen molar-refractivity contribution in [1.82, 2.24) is 14.5 Å². The number of anilines is 1. The predicted molar refractivity (Wildman–Crippen MR) is 128 cm³/mol. The number of rotatable bonds is 8. The molecular formula is C26H32N4O2. The van der Waals surface area contributed by atoms with E-state index in [-0.39, 0.29) is 24.3 Å². The van der Waals surface area contributed by atoms with Crippen LogP contribution in [0.3, 0.4) is 0 Å². The number of aromatic nitrogens is 2. The first-order valence-electron chi connectivity index (χ1n) is 11.6. The van der Waals surface area contributed by atoms with Crippen molar-refractivity contribution in [3.05, 3.63) is 59.9 Å². The fraction of sp³-hybridized carbons (Fsp3) is 0.423. The van der Waals surface area contributed by atoms with Crippen molar-refractivity contribution < 1.29 is 9.59 Å². The lowest BCUT2D eigenvalue weighted by molar-refractivity contribution is -0.131. The number of benzene rings is 2. The number of hydrogen-bond donors (Lipinski definition) is 0. The molecule has 0 aliphatic carbocycles. The second-order valence-electron chi connectivity index (χ2n) is 8.67. The van der Waals surface area contributed by atoms with Crippen LogP contribution >= 0.6 is 0 Å². The van der Waals surface area contributed by atoms with Crippen LogP contribution in [0, 0.1) is 6.92 Å². The molecule has 168 valence electrons. The van der Waals surface area contributed by atoms with Crippen molar-refractivity contribution >= 4 is 28.5 Å². The minimum absolute atomic E-state index is 0.0465. The van der Waals surface area contributed by atoms with E-state index in [4.69, 9.17) is 4.98 Å². The average Bonchev–Trinajstić information content (AvgIpc) is 3.35. The largest absolute Gasteiger partial charge is 0.341 e. The molecule has 1 aliphatic heterocycles. The average molecular weight is 433 g/mol. The second kappa shape index (κ2) is 9.55. The van der Waals surface area contributed by atoms with E-state index in [9.17, 15) is 9.59 Å². The highest BCUT2D eigenvalue weighted by Crippen LogP contribution is 2.33. The van der Waals surface area contributed by atoms with Crippen LogP contribution in [0.5, 0.6) is 0 Å². The zero-order valence-corrected chi connectivity index (χ0v) is 19.3. The first-order chi connectivity index (χ1) is 15.5. The highest BCUT2D eigenvalue weighted by Gasteiger charge is 2.35. The van der Waals surface area contributed by atoms with Gasteiger partial charge in [-0.2, -0.15) is 0 Å². The molecule has 0 spiro atoms. The Hall–Kier alpha value is -3.15. The van der Waals surface area contributed by atoms with E-state index in [0.29, 0.717) is 13.0 Å². The lowest BCUT2D eigenvalue weighted by Crippen LogP contribution is -2.35. The summed E-state index contributed by atoms with van der Waals surface area (Å²) in [5.41, 5.74) is 3.90. The summed E-state index contributed by atoms with van der Waals surface area (Å²) in [6.45, 7) is 8.58. The van der Waals surface area contributed by atoms with Crippen LogP contribution in [-0.2, 0) is 16.1 Å². The minimum Gasteiger partial charge on any atom is -0.341 e. The van der Waals surface area contributed by atoms with Gasteiger partial charge in [0.15, 0.2) is 0 Å². The van der Waals surface area contributed by atoms with Crippen molar-refractivity contribution in [3.63, 3.8) is 0 Å². The van der Waals surface area contributed by atoms with Gasteiger partial charge in [0.1, 0.15) is 12.4 Å². The number of imidazole rings is 1. The summed E-state index contributed by atoms with van der Waals surface area (Å²) in [4.78, 5) is 34.7. The Morgan fingerprint density at radius 1 is 1.06 bits per heavy atom. The highest BCUT2D eigenvalue weighted by atomic mass is 16.2. The SMILES string of the molecule is CCCN(CCC)C(=O)Cn1c([C@H]2CC(=O)N(c3ccc(C)cc3)C2)nc2ccccc21. The maximum atomic E-state index is 13.2. The van der Waals surface area contributed by atoms with Crippen molar-refractivity contribution in [2.24, 2.45) is 0 Å². The summed E-state index contributed by atoms with van der Waals surface area (Å²) in [5.74, 6) is 0.991. The number of carbonyl (C=O) groups is 2. The van der Waals surface area contributed by atoms with E-state index < -0.39 is 0 Å². The molecule has 0 unspecified atom stereocenters. The first kappa shape index (κ1) is 22.1. The molecule has 1 aliphatic rings. The van der Waals surface area contributed by atoms with Crippen molar-refractivity contribution in [1.29, 1.82) is 0 Å². The van der Waals surface area contributed by atoms with E-state index in [1.807, 2.05) is 69.8 Å². The van der Waals surface area contributed by atoms with Crippen LogP contribution < -0.4 is 4.90 Å². The number of aryl methyl sites for hydroxylation is 1. The second-order valence-corrected chi connectivity index (χ2v) is 8.67. The molecule has 32 heavy (non-hydrogen) atoms. The summed E-state index contributed by atoms with van der Waals surface area (Å²) >= 11 is 0. The Kier molecular flexibility index (Phi) is 6.58. The van der Waals surface area contributed by atoms with Gasteiger partial charge in [-0.15, -0.1) is 0 Å². The molecule has 2 amide bonds. The molecule has 1 aromatic heterocycles. The molecule has 1 fully saturated rings. The third-order valence-corrected chi connectivity index (χ3v) is 6.15. The van der Waals surface area contributed by atoms with E-state index in [1.165, 1.54) is 5.56 Å². The van der Waals surface area contributed by atoms with Gasteiger partial charge in [-0.25, -0.2) is 4.98 Å². The van der Waals surface area contributed by atoms with E-state index in [0.717, 1.165) is 48.5 Å². The lowest BCUT2D eigenvalue weighted by Gasteiger charge is -2.23. The summed E-state index contributed by atoms with van der Waals surface area (Å²) in [6.07, 6.45) is 2.27. The normalized spacial score (nSPS) is 16.2. The Morgan fingerprint density at radius 3 is 2.44 bits per heavy atom. The molecular weight excluding hydrogens is 400 g/mol. The van der Waals surface area contributed by atoms with Gasteiger partial charge in [-0.1, -0.05) is 43.7 Å². The smallest absolute Gasteiger partial charge is 0.242 e. The molecule has 1 atom stereocenters. The van der Waals surface area contributed by atoms with Crippen LogP contribution in [0.15, 0.2) is 48.5 Å². The topological polar surface area (TPSA) is 58.4 Å². The summed E-state index contributed by atoms with van der Waals surface area (Å²) < 4.78 is 2.03. The third-order valence-electron chi connectivity index (χ3n) is 6.15. The van der Waals surface area contributed by atoms with Crippen LogP contribution in [0.2, 0.25) is 0 Å². The van der Waals surface area contributed by atoms with Crippen LogP contribution in [0.1, 0.15) is 50.4 Å². The van der Waals surface area contributed by atoms with Crippen LogP contribution in [0.4, 0.5) is 5.69 Å². The van der Waals surface area contributed by atoms with Gasteiger partial charge < -0.3 is 14.4 Å². The van der Waals surface area contributed by atoms with Crippen LogP contribution in [-0.4, -0.2) is 45.9 Å². The number of carbonyl (C=O) groups excluding carboxylic acids is 2. The Morgan fingerprint density at radius 2 is 1.75 bits per heavy atom.